The van der Waals surface area contributed by atoms with Crippen LogP contribution in [0.15, 0.2) is 30.5 Å². The van der Waals surface area contributed by atoms with E-state index in [-0.39, 0.29) is 19.6 Å². The average Bonchev–Trinajstić information content (AvgIpc) is 3.14. The van der Waals surface area contributed by atoms with Crippen molar-refractivity contribution in [1.29, 1.82) is 0 Å². The van der Waals surface area contributed by atoms with E-state index in [0.29, 0.717) is 0 Å². The van der Waals surface area contributed by atoms with Crippen molar-refractivity contribution in [1.82, 2.24) is 9.47 Å². The van der Waals surface area contributed by atoms with Gasteiger partial charge in [-0.1, -0.05) is 32.0 Å². The molecule has 0 bridgehead atoms. The number of hydrogen-bond acceptors (Lipinski definition) is 9. The van der Waals surface area contributed by atoms with E-state index in [1.807, 2.05) is 44.6 Å². The van der Waals surface area contributed by atoms with Crippen LogP contribution in [-0.2, 0) is 50.4 Å². The number of aromatic nitrogens is 1. The normalized spacial score (nSPS) is 11.8. The first kappa shape index (κ1) is 26.0. The van der Waals surface area contributed by atoms with Crippen molar-refractivity contribution < 1.29 is 37.2 Å². The highest BCUT2D eigenvalue weighted by Crippen LogP contribution is 2.50. The lowest BCUT2D eigenvalue weighted by atomic mass is 10.1. The second-order valence-corrected chi connectivity index (χ2v) is 8.80. The van der Waals surface area contributed by atoms with Gasteiger partial charge in [-0.05, 0) is 32.1 Å². The lowest BCUT2D eigenvalue weighted by molar-refractivity contribution is -0.153. The van der Waals surface area contributed by atoms with Crippen LogP contribution in [0.2, 0.25) is 0 Å². The number of fused-ring (bicyclic) bond motifs is 1. The molecule has 0 saturated carbocycles. The monoisotopic (exact) mass is 470 g/mol. The SMILES string of the molecule is CCC(=O)OCOP(=O)(OCOC(=O)CC)OCn1cc(CCN(C)C)c2ccccc21. The molecule has 2 rings (SSSR count). The summed E-state index contributed by atoms with van der Waals surface area (Å²) in [4.78, 5) is 24.7. The molecule has 0 amide bonds. The van der Waals surface area contributed by atoms with Crippen LogP contribution in [0, 0.1) is 0 Å². The molecule has 0 fully saturated rings. The molecule has 2 aromatic rings. The van der Waals surface area contributed by atoms with Gasteiger partial charge in [-0.15, -0.1) is 0 Å². The molecule has 0 aliphatic heterocycles. The van der Waals surface area contributed by atoms with Crippen LogP contribution >= 0.6 is 7.82 Å². The highest BCUT2D eigenvalue weighted by molar-refractivity contribution is 7.48. The van der Waals surface area contributed by atoms with Gasteiger partial charge >= 0.3 is 19.8 Å². The summed E-state index contributed by atoms with van der Waals surface area (Å²) in [6.45, 7) is 2.71. The van der Waals surface area contributed by atoms with Gasteiger partial charge in [0.2, 0.25) is 13.6 Å². The smallest absolute Gasteiger partial charge is 0.438 e. The zero-order valence-electron chi connectivity index (χ0n) is 18.9. The minimum atomic E-state index is -4.20. The van der Waals surface area contributed by atoms with Gasteiger partial charge < -0.3 is 18.9 Å². The molecule has 0 aliphatic carbocycles. The van der Waals surface area contributed by atoms with Gasteiger partial charge in [-0.25, -0.2) is 13.6 Å². The molecule has 1 heterocycles. The minimum Gasteiger partial charge on any atom is -0.438 e. The highest BCUT2D eigenvalue weighted by Gasteiger charge is 2.29. The third-order valence-corrected chi connectivity index (χ3v) is 5.77. The molecule has 1 aromatic carbocycles. The topological polar surface area (TPSA) is 106 Å². The number of rotatable bonds is 14. The quantitative estimate of drug-likeness (QED) is 0.232. The fourth-order valence-corrected chi connectivity index (χ4v) is 3.59. The number of carbonyl (C=O) groups excluding carboxylic acids is 2. The number of phosphoric acid groups is 1. The van der Waals surface area contributed by atoms with Gasteiger partial charge in [0.15, 0.2) is 0 Å². The Balaban J connectivity index is 2.12. The Labute approximate surface area is 187 Å². The molecular formula is C21H31N2O8P. The Bertz CT molecular complexity index is 917. The number of hydrogen-bond donors (Lipinski definition) is 0. The van der Waals surface area contributed by atoms with E-state index in [9.17, 15) is 14.2 Å². The molecule has 1 aromatic heterocycles. The Hall–Kier alpha value is -2.23. The summed E-state index contributed by atoms with van der Waals surface area (Å²) < 4.78 is 40.1. The first-order valence-electron chi connectivity index (χ1n) is 10.3. The van der Waals surface area contributed by atoms with Gasteiger partial charge in [0.25, 0.3) is 0 Å². The van der Waals surface area contributed by atoms with E-state index in [4.69, 9.17) is 23.0 Å². The number of benzene rings is 1. The van der Waals surface area contributed by atoms with Crippen molar-refractivity contribution in [3.63, 3.8) is 0 Å². The maximum Gasteiger partial charge on any atom is 0.482 e. The Morgan fingerprint density at radius 2 is 1.56 bits per heavy atom. The molecule has 0 spiro atoms. The summed E-state index contributed by atoms with van der Waals surface area (Å²) >= 11 is 0. The van der Waals surface area contributed by atoms with Gasteiger partial charge in [-0.2, -0.15) is 0 Å². The van der Waals surface area contributed by atoms with Crippen LogP contribution in [0.1, 0.15) is 32.3 Å². The fourth-order valence-electron chi connectivity index (χ4n) is 2.74. The first-order chi connectivity index (χ1) is 15.3. The average molecular weight is 470 g/mol. The highest BCUT2D eigenvalue weighted by atomic mass is 31.2. The van der Waals surface area contributed by atoms with Crippen molar-refractivity contribution in [3.05, 3.63) is 36.0 Å². The van der Waals surface area contributed by atoms with Crippen molar-refractivity contribution >= 4 is 30.7 Å². The summed E-state index contributed by atoms with van der Waals surface area (Å²) in [5, 5.41) is 1.06. The molecule has 10 nitrogen and oxygen atoms in total. The van der Waals surface area contributed by atoms with E-state index in [2.05, 4.69) is 4.90 Å². The molecule has 0 saturated heterocycles. The number of carbonyl (C=O) groups is 2. The minimum absolute atomic E-state index is 0.134. The maximum absolute atomic E-state index is 13.0. The van der Waals surface area contributed by atoms with Crippen LogP contribution < -0.4 is 0 Å². The number of ether oxygens (including phenoxy) is 2. The molecule has 32 heavy (non-hydrogen) atoms. The van der Waals surface area contributed by atoms with E-state index in [0.717, 1.165) is 29.4 Å². The van der Waals surface area contributed by atoms with Crippen molar-refractivity contribution in [3.8, 4) is 0 Å². The molecule has 178 valence electrons. The third-order valence-electron chi connectivity index (χ3n) is 4.49. The van der Waals surface area contributed by atoms with Crippen LogP contribution in [0.3, 0.4) is 0 Å². The summed E-state index contributed by atoms with van der Waals surface area (Å²) in [6.07, 6.45) is 3.01. The zero-order chi connectivity index (χ0) is 23.6. The predicted molar refractivity (Wildman–Crippen MR) is 118 cm³/mol. The largest absolute Gasteiger partial charge is 0.482 e. The van der Waals surface area contributed by atoms with Crippen LogP contribution in [0.4, 0.5) is 0 Å². The van der Waals surface area contributed by atoms with Gasteiger partial charge in [0, 0.05) is 31.0 Å². The number of para-hydroxylation sites is 1. The molecule has 0 aliphatic rings. The molecule has 11 heteroatoms. The van der Waals surface area contributed by atoms with E-state index in [1.165, 1.54) is 0 Å². The fraction of sp³-hybridized carbons (Fsp3) is 0.524. The number of phosphoric ester groups is 1. The molecule has 0 N–H and O–H groups in total. The van der Waals surface area contributed by atoms with Crippen LogP contribution in [0.5, 0.6) is 0 Å². The van der Waals surface area contributed by atoms with Crippen LogP contribution in [0.25, 0.3) is 10.9 Å². The van der Waals surface area contributed by atoms with E-state index in [1.54, 1.807) is 18.4 Å². The standard InChI is InChI=1S/C21H31N2O8P/c1-5-20(24)27-15-30-32(26,31-16-28-21(25)6-2)29-14-23-13-17(11-12-22(3)4)18-9-7-8-10-19(18)23/h7-10,13H,5-6,11-12,14-16H2,1-4H3. The van der Waals surface area contributed by atoms with Gasteiger partial charge in [-0.3, -0.25) is 14.1 Å². The van der Waals surface area contributed by atoms with Crippen molar-refractivity contribution in [2.75, 3.05) is 34.2 Å². The van der Waals surface area contributed by atoms with Crippen molar-refractivity contribution in [2.45, 2.75) is 39.8 Å². The van der Waals surface area contributed by atoms with E-state index < -0.39 is 33.3 Å². The predicted octanol–water partition coefficient (Wildman–Crippen LogP) is 3.68. The first-order valence-corrected chi connectivity index (χ1v) is 11.8. The summed E-state index contributed by atoms with van der Waals surface area (Å²) in [5.41, 5.74) is 2.01. The molecule has 0 radical (unpaired) electrons. The van der Waals surface area contributed by atoms with Crippen molar-refractivity contribution in [2.24, 2.45) is 0 Å². The van der Waals surface area contributed by atoms with Gasteiger partial charge in [0.1, 0.15) is 6.73 Å². The summed E-state index contributed by atoms with van der Waals surface area (Å²) in [6, 6.07) is 7.79. The second-order valence-electron chi connectivity index (χ2n) is 7.13. The lowest BCUT2D eigenvalue weighted by Gasteiger charge is -2.18. The second kappa shape index (κ2) is 12.7. The molecular weight excluding hydrogens is 439 g/mol. The number of esters is 2. The summed E-state index contributed by atoms with van der Waals surface area (Å²) in [5.74, 6) is -1.06. The Kier molecular flexibility index (Phi) is 10.3. The molecule has 0 atom stereocenters. The molecule has 0 unspecified atom stereocenters. The Morgan fingerprint density at radius 1 is 0.969 bits per heavy atom. The number of nitrogens with zero attached hydrogens (tertiary/aromatic N) is 2. The maximum atomic E-state index is 13.0. The lowest BCUT2D eigenvalue weighted by Crippen LogP contribution is -2.15. The third kappa shape index (κ3) is 8.03. The number of likely N-dealkylation sites (N-methyl/N-ethyl adjacent to an activating group) is 1. The van der Waals surface area contributed by atoms with Crippen LogP contribution in [-0.4, -0.2) is 55.6 Å². The van der Waals surface area contributed by atoms with Gasteiger partial charge in [0.05, 0.1) is 5.52 Å². The van der Waals surface area contributed by atoms with E-state index >= 15 is 0 Å². The summed E-state index contributed by atoms with van der Waals surface area (Å²) in [7, 11) is -0.194. The zero-order valence-corrected chi connectivity index (χ0v) is 19.8. The Morgan fingerprint density at radius 3 is 2.12 bits per heavy atom.